The molecule has 4 N–H and O–H groups in total. The number of rotatable bonds is 8. The van der Waals surface area contributed by atoms with Crippen molar-refractivity contribution in [3.05, 3.63) is 54.7 Å². The van der Waals surface area contributed by atoms with Crippen LogP contribution in [0.5, 0.6) is 11.5 Å². The largest absolute Gasteiger partial charge is 0.457 e. The number of pyridine rings is 2. The van der Waals surface area contributed by atoms with Crippen LogP contribution in [0.2, 0.25) is 0 Å². The highest BCUT2D eigenvalue weighted by atomic mass is 16.5. The minimum atomic E-state index is -0.199. The number of aliphatic hydroxyl groups excluding tert-OH is 1. The third kappa shape index (κ3) is 4.93. The van der Waals surface area contributed by atoms with Crippen LogP contribution in [0.15, 0.2) is 54.7 Å². The summed E-state index contributed by atoms with van der Waals surface area (Å²) >= 11 is 0. The zero-order chi connectivity index (χ0) is 22.5. The lowest BCUT2D eigenvalue weighted by molar-refractivity contribution is -0.114. The molecule has 0 saturated heterocycles. The quantitative estimate of drug-likeness (QED) is 0.334. The lowest BCUT2D eigenvalue weighted by Crippen LogP contribution is -2.08. The molecule has 1 aromatic carbocycles. The first kappa shape index (κ1) is 21.1. The van der Waals surface area contributed by atoms with Crippen LogP contribution in [0, 0.1) is 0 Å². The molecule has 10 heteroatoms. The first-order valence-corrected chi connectivity index (χ1v) is 9.98. The standard InChI is InChI=1S/C22H23N7O3/c1-14(31)25-21-13-16(8-9-23-21)32-15-6-7-17-18(12-15)29(2)22(26-17)28-20-5-3-4-19(27-20)24-10-11-30/h3-9,12-13,30H,10-11H2,1-2H3,(H,23,25,31)(H2,24,26,27,28). The molecule has 0 unspecified atom stereocenters. The fourth-order valence-corrected chi connectivity index (χ4v) is 3.11. The average Bonchev–Trinajstić information content (AvgIpc) is 3.07. The van der Waals surface area contributed by atoms with Gasteiger partial charge in [-0.2, -0.15) is 0 Å². The average molecular weight is 433 g/mol. The van der Waals surface area contributed by atoms with Crippen LogP contribution in [0.4, 0.5) is 23.4 Å². The van der Waals surface area contributed by atoms with Gasteiger partial charge in [0.25, 0.3) is 0 Å². The summed E-state index contributed by atoms with van der Waals surface area (Å²) in [6.07, 6.45) is 1.57. The van der Waals surface area contributed by atoms with Gasteiger partial charge in [-0.15, -0.1) is 0 Å². The van der Waals surface area contributed by atoms with Gasteiger partial charge in [-0.3, -0.25) is 4.79 Å². The lowest BCUT2D eigenvalue weighted by atomic mass is 10.3. The zero-order valence-corrected chi connectivity index (χ0v) is 17.7. The Bertz CT molecular complexity index is 1260. The van der Waals surface area contributed by atoms with Crippen LogP contribution < -0.4 is 20.7 Å². The number of ether oxygens (including phenoxy) is 1. The van der Waals surface area contributed by atoms with E-state index >= 15 is 0 Å². The van der Waals surface area contributed by atoms with Crippen LogP contribution in [-0.4, -0.2) is 43.7 Å². The van der Waals surface area contributed by atoms with Crippen molar-refractivity contribution in [2.45, 2.75) is 6.92 Å². The molecule has 4 rings (SSSR count). The molecule has 1 amide bonds. The van der Waals surface area contributed by atoms with E-state index in [1.807, 2.05) is 48.0 Å². The third-order valence-corrected chi connectivity index (χ3v) is 4.53. The minimum Gasteiger partial charge on any atom is -0.457 e. The van der Waals surface area contributed by atoms with E-state index < -0.39 is 0 Å². The van der Waals surface area contributed by atoms with Crippen molar-refractivity contribution < 1.29 is 14.6 Å². The van der Waals surface area contributed by atoms with Crippen LogP contribution in [-0.2, 0) is 11.8 Å². The molecule has 0 atom stereocenters. The van der Waals surface area contributed by atoms with Crippen LogP contribution in [0.1, 0.15) is 6.92 Å². The topological polar surface area (TPSA) is 126 Å². The van der Waals surface area contributed by atoms with Gasteiger partial charge in [0.2, 0.25) is 11.9 Å². The number of hydrogen-bond donors (Lipinski definition) is 4. The number of hydrogen-bond acceptors (Lipinski definition) is 8. The maximum Gasteiger partial charge on any atom is 0.222 e. The number of carbonyl (C=O) groups is 1. The Balaban J connectivity index is 1.54. The normalized spacial score (nSPS) is 10.7. The third-order valence-electron chi connectivity index (χ3n) is 4.53. The fourth-order valence-electron chi connectivity index (χ4n) is 3.11. The molecule has 0 aliphatic rings. The van der Waals surface area contributed by atoms with Crippen molar-refractivity contribution in [1.29, 1.82) is 0 Å². The second-order valence-electron chi connectivity index (χ2n) is 6.99. The summed E-state index contributed by atoms with van der Waals surface area (Å²) in [5.41, 5.74) is 1.67. The number of anilines is 4. The van der Waals surface area contributed by atoms with Gasteiger partial charge in [0, 0.05) is 38.8 Å². The minimum absolute atomic E-state index is 0.0303. The van der Waals surface area contributed by atoms with E-state index in [2.05, 4.69) is 30.9 Å². The predicted octanol–water partition coefficient (Wildman–Crippen LogP) is 3.26. The molecule has 0 bridgehead atoms. The monoisotopic (exact) mass is 433 g/mol. The number of nitrogens with one attached hydrogen (secondary N) is 3. The zero-order valence-electron chi connectivity index (χ0n) is 17.7. The molecule has 0 aliphatic heterocycles. The number of nitrogens with zero attached hydrogens (tertiary/aromatic N) is 4. The Morgan fingerprint density at radius 1 is 1.06 bits per heavy atom. The number of carbonyl (C=O) groups excluding carboxylic acids is 1. The van der Waals surface area contributed by atoms with Gasteiger partial charge in [-0.05, 0) is 30.3 Å². The predicted molar refractivity (Wildman–Crippen MR) is 122 cm³/mol. The second-order valence-corrected chi connectivity index (χ2v) is 6.99. The van der Waals surface area contributed by atoms with E-state index in [1.165, 1.54) is 6.92 Å². The van der Waals surface area contributed by atoms with Gasteiger partial charge < -0.3 is 30.4 Å². The van der Waals surface area contributed by atoms with E-state index in [1.54, 1.807) is 18.3 Å². The van der Waals surface area contributed by atoms with E-state index in [4.69, 9.17) is 9.84 Å². The first-order valence-electron chi connectivity index (χ1n) is 9.98. The van der Waals surface area contributed by atoms with Gasteiger partial charge in [-0.1, -0.05) is 6.07 Å². The SMILES string of the molecule is CC(=O)Nc1cc(Oc2ccc3nc(Nc4cccc(NCCO)n4)n(C)c3c2)ccn1. The second kappa shape index (κ2) is 9.31. The van der Waals surface area contributed by atoms with Gasteiger partial charge in [0.1, 0.15) is 29.0 Å². The van der Waals surface area contributed by atoms with Gasteiger partial charge in [-0.25, -0.2) is 15.0 Å². The summed E-state index contributed by atoms with van der Waals surface area (Å²) in [5, 5.41) is 17.9. The molecule has 0 aliphatic carbocycles. The molecule has 0 fully saturated rings. The molecule has 10 nitrogen and oxygen atoms in total. The summed E-state index contributed by atoms with van der Waals surface area (Å²) in [7, 11) is 1.90. The van der Waals surface area contributed by atoms with Gasteiger partial charge in [0.05, 0.1) is 17.6 Å². The Morgan fingerprint density at radius 3 is 2.69 bits per heavy atom. The number of fused-ring (bicyclic) bond motifs is 1. The van der Waals surface area contributed by atoms with Crippen LogP contribution in [0.25, 0.3) is 11.0 Å². The lowest BCUT2D eigenvalue weighted by Gasteiger charge is -2.09. The Morgan fingerprint density at radius 2 is 1.88 bits per heavy atom. The molecular formula is C22H23N7O3. The summed E-state index contributed by atoms with van der Waals surface area (Å²) in [5.74, 6) is 3.32. The maximum absolute atomic E-state index is 11.2. The number of benzene rings is 1. The highest BCUT2D eigenvalue weighted by Gasteiger charge is 2.11. The van der Waals surface area contributed by atoms with Crippen molar-refractivity contribution in [3.63, 3.8) is 0 Å². The molecule has 164 valence electrons. The molecule has 0 spiro atoms. The Hall–Kier alpha value is -4.18. The number of amides is 1. The van der Waals surface area contributed by atoms with E-state index in [0.717, 1.165) is 11.0 Å². The highest BCUT2D eigenvalue weighted by Crippen LogP contribution is 2.28. The van der Waals surface area contributed by atoms with Crippen molar-refractivity contribution in [3.8, 4) is 11.5 Å². The highest BCUT2D eigenvalue weighted by molar-refractivity contribution is 5.87. The van der Waals surface area contributed by atoms with Crippen molar-refractivity contribution >= 4 is 40.3 Å². The summed E-state index contributed by atoms with van der Waals surface area (Å²) in [6.45, 7) is 1.88. The summed E-state index contributed by atoms with van der Waals surface area (Å²) in [6, 6.07) is 14.5. The number of aliphatic hydroxyl groups is 1. The number of aryl methyl sites for hydroxylation is 1. The molecule has 0 radical (unpaired) electrons. The summed E-state index contributed by atoms with van der Waals surface area (Å²) in [4.78, 5) is 24.4. The smallest absolute Gasteiger partial charge is 0.222 e. The molecule has 4 aromatic rings. The first-order chi connectivity index (χ1) is 15.5. The van der Waals surface area contributed by atoms with E-state index in [0.29, 0.717) is 41.4 Å². The molecule has 32 heavy (non-hydrogen) atoms. The molecule has 3 aromatic heterocycles. The van der Waals surface area contributed by atoms with Crippen molar-refractivity contribution in [1.82, 2.24) is 19.5 Å². The summed E-state index contributed by atoms with van der Waals surface area (Å²) < 4.78 is 7.86. The molecule has 3 heterocycles. The number of aromatic nitrogens is 4. The Kier molecular flexibility index (Phi) is 6.13. The van der Waals surface area contributed by atoms with E-state index in [-0.39, 0.29) is 12.5 Å². The maximum atomic E-state index is 11.2. The molecule has 0 saturated carbocycles. The van der Waals surface area contributed by atoms with Crippen LogP contribution >= 0.6 is 0 Å². The molecular weight excluding hydrogens is 410 g/mol. The van der Waals surface area contributed by atoms with Crippen molar-refractivity contribution in [2.75, 3.05) is 29.1 Å². The van der Waals surface area contributed by atoms with E-state index in [9.17, 15) is 4.79 Å². The van der Waals surface area contributed by atoms with Crippen molar-refractivity contribution in [2.24, 2.45) is 7.05 Å². The van der Waals surface area contributed by atoms with Gasteiger partial charge in [0.15, 0.2) is 0 Å². The fraction of sp³-hybridized carbons (Fsp3) is 0.182. The van der Waals surface area contributed by atoms with Gasteiger partial charge >= 0.3 is 0 Å². The van der Waals surface area contributed by atoms with Crippen LogP contribution in [0.3, 0.4) is 0 Å². The number of imidazole rings is 1. The Labute approximate surface area is 184 Å².